The molecule has 3 rings (SSSR count). The SMILES string of the molecule is Cc1c(F)cc2c(c1F)CC1CC(C)COC21. The van der Waals surface area contributed by atoms with E-state index in [2.05, 4.69) is 6.92 Å². The smallest absolute Gasteiger partial charge is 0.132 e. The highest BCUT2D eigenvalue weighted by molar-refractivity contribution is 5.40. The zero-order valence-corrected chi connectivity index (χ0v) is 10.1. The van der Waals surface area contributed by atoms with Crippen molar-refractivity contribution in [3.05, 3.63) is 34.4 Å². The van der Waals surface area contributed by atoms with Crippen molar-refractivity contribution in [2.75, 3.05) is 6.61 Å². The van der Waals surface area contributed by atoms with E-state index in [0.29, 0.717) is 30.4 Å². The molecule has 0 bridgehead atoms. The minimum atomic E-state index is -0.455. The minimum absolute atomic E-state index is 0.0919. The van der Waals surface area contributed by atoms with Crippen LogP contribution in [-0.4, -0.2) is 6.61 Å². The summed E-state index contributed by atoms with van der Waals surface area (Å²) in [4.78, 5) is 0. The second-order valence-corrected chi connectivity index (χ2v) is 5.42. The van der Waals surface area contributed by atoms with Gasteiger partial charge in [-0.05, 0) is 48.8 Å². The van der Waals surface area contributed by atoms with Crippen molar-refractivity contribution >= 4 is 0 Å². The molecule has 92 valence electrons. The van der Waals surface area contributed by atoms with Gasteiger partial charge in [-0.25, -0.2) is 8.78 Å². The average Bonchev–Trinajstić information content (AvgIpc) is 2.64. The Bertz CT molecular complexity index is 470. The van der Waals surface area contributed by atoms with Crippen LogP contribution in [0.5, 0.6) is 0 Å². The summed E-state index contributed by atoms with van der Waals surface area (Å²) >= 11 is 0. The van der Waals surface area contributed by atoms with E-state index in [0.717, 1.165) is 12.0 Å². The molecule has 3 unspecified atom stereocenters. The second-order valence-electron chi connectivity index (χ2n) is 5.42. The summed E-state index contributed by atoms with van der Waals surface area (Å²) in [7, 11) is 0. The van der Waals surface area contributed by atoms with Gasteiger partial charge in [0, 0.05) is 12.2 Å². The minimum Gasteiger partial charge on any atom is -0.373 e. The van der Waals surface area contributed by atoms with E-state index in [-0.39, 0.29) is 17.5 Å². The first-order chi connectivity index (χ1) is 8.08. The first kappa shape index (κ1) is 11.1. The van der Waals surface area contributed by atoms with E-state index in [4.69, 9.17) is 4.74 Å². The predicted octanol–water partition coefficient (Wildman–Crippen LogP) is 3.54. The number of ether oxygens (including phenoxy) is 1. The van der Waals surface area contributed by atoms with Crippen LogP contribution in [0.4, 0.5) is 8.78 Å². The molecule has 2 aliphatic rings. The summed E-state index contributed by atoms with van der Waals surface area (Å²) in [6, 6.07) is 1.47. The van der Waals surface area contributed by atoms with E-state index < -0.39 is 5.82 Å². The zero-order valence-electron chi connectivity index (χ0n) is 10.1. The molecule has 1 aliphatic carbocycles. The Morgan fingerprint density at radius 1 is 1.35 bits per heavy atom. The molecule has 1 heterocycles. The van der Waals surface area contributed by atoms with Crippen LogP contribution in [0.2, 0.25) is 0 Å². The largest absolute Gasteiger partial charge is 0.373 e. The summed E-state index contributed by atoms with van der Waals surface area (Å²) in [6.07, 6.45) is 1.64. The summed E-state index contributed by atoms with van der Waals surface area (Å²) in [6.45, 7) is 4.33. The summed E-state index contributed by atoms with van der Waals surface area (Å²) in [5, 5.41) is 0. The molecule has 0 saturated carbocycles. The molecule has 1 saturated heterocycles. The number of halogens is 2. The van der Waals surface area contributed by atoms with Gasteiger partial charge in [-0.15, -0.1) is 0 Å². The lowest BCUT2D eigenvalue weighted by Gasteiger charge is -2.30. The summed E-state index contributed by atoms with van der Waals surface area (Å²) < 4.78 is 33.3. The van der Waals surface area contributed by atoms with E-state index in [9.17, 15) is 8.78 Å². The maximum absolute atomic E-state index is 14.0. The van der Waals surface area contributed by atoms with Gasteiger partial charge in [0.25, 0.3) is 0 Å². The molecule has 3 heteroatoms. The first-order valence-electron chi connectivity index (χ1n) is 6.17. The summed E-state index contributed by atoms with van der Waals surface area (Å²) in [5.74, 6) is 0.0128. The summed E-state index contributed by atoms with van der Waals surface area (Å²) in [5.41, 5.74) is 1.55. The Hall–Kier alpha value is -0.960. The van der Waals surface area contributed by atoms with Gasteiger partial charge in [-0.3, -0.25) is 0 Å². The number of hydrogen-bond donors (Lipinski definition) is 0. The molecule has 1 fully saturated rings. The molecule has 1 nitrogen and oxygen atoms in total. The molecule has 0 aromatic heterocycles. The fourth-order valence-electron chi connectivity index (χ4n) is 3.16. The van der Waals surface area contributed by atoms with Crippen molar-refractivity contribution in [3.8, 4) is 0 Å². The molecule has 1 aromatic rings. The lowest BCUT2D eigenvalue weighted by molar-refractivity contribution is -0.0451. The fourth-order valence-corrected chi connectivity index (χ4v) is 3.16. The van der Waals surface area contributed by atoms with Crippen LogP contribution >= 0.6 is 0 Å². The molecule has 0 spiro atoms. The van der Waals surface area contributed by atoms with Crippen molar-refractivity contribution < 1.29 is 13.5 Å². The lowest BCUT2D eigenvalue weighted by atomic mass is 9.89. The highest BCUT2D eigenvalue weighted by Gasteiger charge is 2.39. The van der Waals surface area contributed by atoms with Crippen LogP contribution in [0.15, 0.2) is 6.07 Å². The normalized spacial score (nSPS) is 31.2. The molecule has 0 N–H and O–H groups in total. The molecular weight excluding hydrogens is 222 g/mol. The Morgan fingerprint density at radius 3 is 2.88 bits per heavy atom. The van der Waals surface area contributed by atoms with Gasteiger partial charge in [-0.2, -0.15) is 0 Å². The lowest BCUT2D eigenvalue weighted by Crippen LogP contribution is -2.24. The van der Waals surface area contributed by atoms with Crippen molar-refractivity contribution in [2.24, 2.45) is 11.8 Å². The Labute approximate surface area is 99.8 Å². The van der Waals surface area contributed by atoms with Gasteiger partial charge < -0.3 is 4.74 Å². The molecule has 17 heavy (non-hydrogen) atoms. The van der Waals surface area contributed by atoms with Crippen molar-refractivity contribution in [1.82, 2.24) is 0 Å². The molecule has 1 aliphatic heterocycles. The van der Waals surface area contributed by atoms with Crippen molar-refractivity contribution in [3.63, 3.8) is 0 Å². The highest BCUT2D eigenvalue weighted by atomic mass is 19.1. The number of rotatable bonds is 0. The van der Waals surface area contributed by atoms with Crippen molar-refractivity contribution in [2.45, 2.75) is 32.8 Å². The Kier molecular flexibility index (Phi) is 2.47. The van der Waals surface area contributed by atoms with E-state index in [1.165, 1.54) is 13.0 Å². The standard InChI is InChI=1S/C14H16F2O/c1-7-3-9-4-10-11(14(9)17-6-7)5-12(15)8(2)13(10)16/h5,7,9,14H,3-4,6H2,1-2H3. The van der Waals surface area contributed by atoms with Crippen LogP contribution in [0.25, 0.3) is 0 Å². The van der Waals surface area contributed by atoms with Gasteiger partial charge in [0.2, 0.25) is 0 Å². The Balaban J connectivity index is 2.05. The zero-order chi connectivity index (χ0) is 12.2. The van der Waals surface area contributed by atoms with Gasteiger partial charge in [-0.1, -0.05) is 6.92 Å². The fraction of sp³-hybridized carbons (Fsp3) is 0.571. The van der Waals surface area contributed by atoms with Crippen LogP contribution < -0.4 is 0 Å². The quantitative estimate of drug-likeness (QED) is 0.671. The topological polar surface area (TPSA) is 9.23 Å². The monoisotopic (exact) mass is 238 g/mol. The molecular formula is C14H16F2O. The number of benzene rings is 1. The number of fused-ring (bicyclic) bond motifs is 3. The van der Waals surface area contributed by atoms with E-state index in [1.54, 1.807) is 0 Å². The van der Waals surface area contributed by atoms with Crippen LogP contribution in [0.1, 0.15) is 36.1 Å². The van der Waals surface area contributed by atoms with Gasteiger partial charge in [0.05, 0.1) is 6.10 Å². The third-order valence-electron chi connectivity index (χ3n) is 4.05. The maximum atomic E-state index is 14.0. The van der Waals surface area contributed by atoms with Crippen LogP contribution in [0, 0.1) is 30.4 Å². The highest BCUT2D eigenvalue weighted by Crippen LogP contribution is 2.46. The molecule has 0 amide bonds. The van der Waals surface area contributed by atoms with Gasteiger partial charge in [0.15, 0.2) is 0 Å². The first-order valence-corrected chi connectivity index (χ1v) is 6.17. The maximum Gasteiger partial charge on any atom is 0.132 e. The average molecular weight is 238 g/mol. The van der Waals surface area contributed by atoms with Crippen LogP contribution in [0.3, 0.4) is 0 Å². The predicted molar refractivity (Wildman–Crippen MR) is 60.8 cm³/mol. The Morgan fingerprint density at radius 2 is 2.12 bits per heavy atom. The van der Waals surface area contributed by atoms with Crippen molar-refractivity contribution in [1.29, 1.82) is 0 Å². The van der Waals surface area contributed by atoms with Gasteiger partial charge >= 0.3 is 0 Å². The van der Waals surface area contributed by atoms with E-state index >= 15 is 0 Å². The third kappa shape index (κ3) is 1.60. The number of hydrogen-bond acceptors (Lipinski definition) is 1. The van der Waals surface area contributed by atoms with Crippen LogP contribution in [-0.2, 0) is 11.2 Å². The molecule has 3 atom stereocenters. The molecule has 0 radical (unpaired) electrons. The third-order valence-corrected chi connectivity index (χ3v) is 4.05. The van der Waals surface area contributed by atoms with Gasteiger partial charge in [0.1, 0.15) is 11.6 Å². The second kappa shape index (κ2) is 3.77. The molecule has 1 aromatic carbocycles. The van der Waals surface area contributed by atoms with E-state index in [1.807, 2.05) is 0 Å².